The number of piperazine rings is 1. The first-order valence-electron chi connectivity index (χ1n) is 9.85. The number of aliphatic hydroxyl groups is 2. The average molecular weight is 380 g/mol. The molecule has 4 atom stereocenters. The number of ether oxygens (including phenoxy) is 2. The molecule has 1 aromatic rings. The van der Waals surface area contributed by atoms with E-state index in [1.54, 1.807) is 7.11 Å². The van der Waals surface area contributed by atoms with Gasteiger partial charge in [-0.15, -0.1) is 0 Å². The van der Waals surface area contributed by atoms with Crippen molar-refractivity contribution in [2.24, 2.45) is 0 Å². The molecule has 2 fully saturated rings. The predicted octanol–water partition coefficient (Wildman–Crippen LogP) is 0.304. The third kappa shape index (κ3) is 4.55. The van der Waals surface area contributed by atoms with Gasteiger partial charge in [0.1, 0.15) is 18.0 Å². The SMILES string of the molecule is COc1ccccc1N1CCN([C@@H]2[C@H](O)[C@H](CO)O[C@H]2CNC(C)C)CC1. The highest BCUT2D eigenvalue weighted by atomic mass is 16.5. The molecule has 3 N–H and O–H groups in total. The highest BCUT2D eigenvalue weighted by Crippen LogP contribution is 2.31. The van der Waals surface area contributed by atoms with Crippen molar-refractivity contribution in [2.75, 3.05) is 51.3 Å². The minimum Gasteiger partial charge on any atom is -0.495 e. The van der Waals surface area contributed by atoms with Gasteiger partial charge in [0, 0.05) is 38.8 Å². The van der Waals surface area contributed by atoms with E-state index in [1.165, 1.54) is 0 Å². The van der Waals surface area contributed by atoms with Crippen LogP contribution >= 0.6 is 0 Å². The van der Waals surface area contributed by atoms with E-state index in [9.17, 15) is 10.2 Å². The van der Waals surface area contributed by atoms with Crippen LogP contribution in [-0.2, 0) is 4.74 Å². The number of aliphatic hydroxyl groups excluding tert-OH is 2. The van der Waals surface area contributed by atoms with Gasteiger partial charge in [-0.05, 0) is 12.1 Å². The Labute approximate surface area is 161 Å². The fraction of sp³-hybridized carbons (Fsp3) is 0.700. The van der Waals surface area contributed by atoms with E-state index < -0.39 is 12.2 Å². The number of rotatable bonds is 7. The van der Waals surface area contributed by atoms with Crippen LogP contribution in [0.5, 0.6) is 5.75 Å². The van der Waals surface area contributed by atoms with Crippen molar-refractivity contribution < 1.29 is 19.7 Å². The molecule has 0 aromatic heterocycles. The van der Waals surface area contributed by atoms with E-state index >= 15 is 0 Å². The molecule has 2 saturated heterocycles. The molecule has 7 nitrogen and oxygen atoms in total. The molecule has 0 saturated carbocycles. The predicted molar refractivity (Wildman–Crippen MR) is 105 cm³/mol. The Bertz CT molecular complexity index is 592. The van der Waals surface area contributed by atoms with Crippen molar-refractivity contribution in [3.63, 3.8) is 0 Å². The molecular formula is C20H33N3O4. The monoisotopic (exact) mass is 379 g/mol. The van der Waals surface area contributed by atoms with Crippen LogP contribution in [0.15, 0.2) is 24.3 Å². The van der Waals surface area contributed by atoms with Crippen LogP contribution in [0.2, 0.25) is 0 Å². The van der Waals surface area contributed by atoms with Crippen LogP contribution in [0.4, 0.5) is 5.69 Å². The van der Waals surface area contributed by atoms with E-state index in [1.807, 2.05) is 18.2 Å². The first-order chi connectivity index (χ1) is 13.0. The number of nitrogens with zero attached hydrogens (tertiary/aromatic N) is 2. The molecule has 0 bridgehead atoms. The fourth-order valence-corrected chi connectivity index (χ4v) is 4.10. The average Bonchev–Trinajstić information content (AvgIpc) is 3.02. The molecular weight excluding hydrogens is 346 g/mol. The molecule has 2 aliphatic heterocycles. The molecule has 0 aliphatic carbocycles. The smallest absolute Gasteiger partial charge is 0.142 e. The van der Waals surface area contributed by atoms with Gasteiger partial charge in [0.05, 0.1) is 31.5 Å². The number of hydrogen-bond acceptors (Lipinski definition) is 7. The summed E-state index contributed by atoms with van der Waals surface area (Å²) in [6.07, 6.45) is -1.31. The van der Waals surface area contributed by atoms with Gasteiger partial charge in [-0.2, -0.15) is 0 Å². The zero-order chi connectivity index (χ0) is 19.4. The molecule has 0 spiro atoms. The minimum atomic E-state index is -0.674. The largest absolute Gasteiger partial charge is 0.495 e. The van der Waals surface area contributed by atoms with E-state index in [4.69, 9.17) is 9.47 Å². The van der Waals surface area contributed by atoms with Crippen LogP contribution in [-0.4, -0.2) is 91.9 Å². The summed E-state index contributed by atoms with van der Waals surface area (Å²) in [5.74, 6) is 0.884. The lowest BCUT2D eigenvalue weighted by atomic mass is 10.0. The van der Waals surface area contributed by atoms with Crippen molar-refractivity contribution in [2.45, 2.75) is 44.2 Å². The van der Waals surface area contributed by atoms with E-state index in [0.29, 0.717) is 12.6 Å². The quantitative estimate of drug-likeness (QED) is 0.629. The van der Waals surface area contributed by atoms with Gasteiger partial charge in [-0.25, -0.2) is 0 Å². The Morgan fingerprint density at radius 1 is 1.19 bits per heavy atom. The molecule has 0 amide bonds. The molecule has 0 radical (unpaired) electrons. The van der Waals surface area contributed by atoms with Gasteiger partial charge in [-0.3, -0.25) is 4.90 Å². The lowest BCUT2D eigenvalue weighted by Crippen LogP contribution is -2.57. The summed E-state index contributed by atoms with van der Waals surface area (Å²) < 4.78 is 11.4. The molecule has 2 heterocycles. The number of para-hydroxylation sites is 2. The summed E-state index contributed by atoms with van der Waals surface area (Å²) in [6.45, 7) is 8.08. The standard InChI is InChI=1S/C20H33N3O4/c1-14(2)21-12-17-19(20(25)18(13-24)27-17)23-10-8-22(9-11-23)15-6-4-5-7-16(15)26-3/h4-7,14,17-21,24-25H,8-13H2,1-3H3/t17-,18-,19-,20+/m0/s1. The summed E-state index contributed by atoms with van der Waals surface area (Å²) in [7, 11) is 1.70. The van der Waals surface area contributed by atoms with Crippen molar-refractivity contribution >= 4 is 5.69 Å². The normalized spacial score (nSPS) is 29.5. The second-order valence-electron chi connectivity index (χ2n) is 7.63. The molecule has 0 unspecified atom stereocenters. The van der Waals surface area contributed by atoms with E-state index in [2.05, 4.69) is 35.0 Å². The number of benzene rings is 1. The van der Waals surface area contributed by atoms with Gasteiger partial charge < -0.3 is 29.9 Å². The van der Waals surface area contributed by atoms with Gasteiger partial charge in [0.15, 0.2) is 0 Å². The third-order valence-corrected chi connectivity index (χ3v) is 5.53. The van der Waals surface area contributed by atoms with E-state index in [0.717, 1.165) is 37.6 Å². The van der Waals surface area contributed by atoms with Gasteiger partial charge in [0.2, 0.25) is 0 Å². The third-order valence-electron chi connectivity index (χ3n) is 5.53. The second-order valence-corrected chi connectivity index (χ2v) is 7.63. The Morgan fingerprint density at radius 2 is 1.89 bits per heavy atom. The number of methoxy groups -OCH3 is 1. The topological polar surface area (TPSA) is 77.4 Å². The molecule has 2 aliphatic rings. The number of hydrogen-bond donors (Lipinski definition) is 3. The van der Waals surface area contributed by atoms with Crippen molar-refractivity contribution in [1.29, 1.82) is 0 Å². The molecule has 1 aromatic carbocycles. The zero-order valence-corrected chi connectivity index (χ0v) is 16.5. The number of anilines is 1. The van der Waals surface area contributed by atoms with Crippen LogP contribution in [0.3, 0.4) is 0 Å². The van der Waals surface area contributed by atoms with Crippen molar-refractivity contribution in [1.82, 2.24) is 10.2 Å². The molecule has 152 valence electrons. The Hall–Kier alpha value is -1.38. The van der Waals surface area contributed by atoms with Crippen LogP contribution < -0.4 is 15.0 Å². The van der Waals surface area contributed by atoms with Crippen molar-refractivity contribution in [3.8, 4) is 5.75 Å². The summed E-state index contributed by atoms with van der Waals surface area (Å²) in [5.41, 5.74) is 1.11. The Balaban J connectivity index is 1.65. The minimum absolute atomic E-state index is 0.104. The van der Waals surface area contributed by atoms with Gasteiger partial charge in [0.25, 0.3) is 0 Å². The zero-order valence-electron chi connectivity index (χ0n) is 16.5. The molecule has 27 heavy (non-hydrogen) atoms. The fourth-order valence-electron chi connectivity index (χ4n) is 4.10. The summed E-state index contributed by atoms with van der Waals surface area (Å²) in [6, 6.07) is 8.31. The van der Waals surface area contributed by atoms with Crippen LogP contribution in [0.1, 0.15) is 13.8 Å². The van der Waals surface area contributed by atoms with E-state index in [-0.39, 0.29) is 18.8 Å². The number of nitrogens with one attached hydrogen (secondary N) is 1. The Morgan fingerprint density at radius 3 is 2.52 bits per heavy atom. The summed E-state index contributed by atoms with van der Waals surface area (Å²) >= 11 is 0. The first-order valence-corrected chi connectivity index (χ1v) is 9.85. The lowest BCUT2D eigenvalue weighted by molar-refractivity contribution is -0.0216. The van der Waals surface area contributed by atoms with Gasteiger partial charge in [-0.1, -0.05) is 26.0 Å². The maximum Gasteiger partial charge on any atom is 0.142 e. The van der Waals surface area contributed by atoms with Gasteiger partial charge >= 0.3 is 0 Å². The molecule has 7 heteroatoms. The van der Waals surface area contributed by atoms with Crippen LogP contribution in [0, 0.1) is 0 Å². The lowest BCUT2D eigenvalue weighted by Gasteiger charge is -2.41. The summed E-state index contributed by atoms with van der Waals surface area (Å²) in [4.78, 5) is 4.63. The maximum atomic E-state index is 10.7. The maximum absolute atomic E-state index is 10.7. The Kier molecular flexibility index (Phi) is 6.94. The first kappa shape index (κ1) is 20.4. The van der Waals surface area contributed by atoms with Crippen molar-refractivity contribution in [3.05, 3.63) is 24.3 Å². The highest BCUT2D eigenvalue weighted by Gasteiger charge is 2.46. The van der Waals surface area contributed by atoms with Crippen LogP contribution in [0.25, 0.3) is 0 Å². The second kappa shape index (κ2) is 9.21. The molecule has 3 rings (SSSR count). The highest BCUT2D eigenvalue weighted by molar-refractivity contribution is 5.58. The summed E-state index contributed by atoms with van der Waals surface area (Å²) in [5, 5.41) is 23.7.